The van der Waals surface area contributed by atoms with E-state index in [-0.39, 0.29) is 11.7 Å². The number of hydrogen-bond acceptors (Lipinski definition) is 5. The smallest absolute Gasteiger partial charge is 0.247 e. The quantitative estimate of drug-likeness (QED) is 0.361. The third-order valence-electron chi connectivity index (χ3n) is 4.53. The van der Waals surface area contributed by atoms with Crippen molar-refractivity contribution in [2.24, 2.45) is 16.5 Å². The minimum atomic E-state index is -0.205. The summed E-state index contributed by atoms with van der Waals surface area (Å²) in [5, 5.41) is 3.39. The van der Waals surface area contributed by atoms with Crippen LogP contribution >= 0.6 is 0 Å². The highest BCUT2D eigenvalue weighted by Crippen LogP contribution is 2.15. The van der Waals surface area contributed by atoms with Crippen LogP contribution in [0.1, 0.15) is 31.2 Å². The molecule has 1 aliphatic rings. The second-order valence-corrected chi connectivity index (χ2v) is 6.66. The highest BCUT2D eigenvalue weighted by atomic mass is 16.5. The van der Waals surface area contributed by atoms with Crippen molar-refractivity contribution < 1.29 is 9.53 Å². The molecule has 0 bridgehead atoms. The molecule has 1 fully saturated rings. The maximum Gasteiger partial charge on any atom is 0.247 e. The lowest BCUT2D eigenvalue weighted by Crippen LogP contribution is -2.29. The Morgan fingerprint density at radius 2 is 2.00 bits per heavy atom. The van der Waals surface area contributed by atoms with Gasteiger partial charge in [0.25, 0.3) is 0 Å². The minimum Gasteiger partial charge on any atom is -0.497 e. The maximum atomic E-state index is 12.0. The van der Waals surface area contributed by atoms with Crippen molar-refractivity contribution in [3.63, 3.8) is 0 Å². The third-order valence-corrected chi connectivity index (χ3v) is 4.53. The molecule has 0 aliphatic carbocycles. The summed E-state index contributed by atoms with van der Waals surface area (Å²) in [7, 11) is 1.61. The first-order chi connectivity index (χ1) is 13.1. The van der Waals surface area contributed by atoms with Crippen LogP contribution in [0, 0.1) is 0 Å². The zero-order valence-electron chi connectivity index (χ0n) is 16.1. The Bertz CT molecular complexity index is 647. The number of hydrogen-bond donors (Lipinski definition) is 3. The lowest BCUT2D eigenvalue weighted by Gasteiger charge is -2.18. The topological polar surface area (TPSA) is 106 Å². The average Bonchev–Trinajstić information content (AvgIpc) is 2.94. The number of nitrogens with zero attached hydrogens (tertiary/aromatic N) is 2. The molecule has 27 heavy (non-hydrogen) atoms. The van der Waals surface area contributed by atoms with Gasteiger partial charge in [-0.05, 0) is 68.7 Å². The van der Waals surface area contributed by atoms with E-state index >= 15 is 0 Å². The van der Waals surface area contributed by atoms with E-state index in [1.54, 1.807) is 7.11 Å². The highest BCUT2D eigenvalue weighted by molar-refractivity contribution is 6.03. The summed E-state index contributed by atoms with van der Waals surface area (Å²) in [4.78, 5) is 18.4. The number of amides is 1. The summed E-state index contributed by atoms with van der Waals surface area (Å²) in [6, 6.07) is 7.29. The van der Waals surface area contributed by atoms with Crippen LogP contribution in [0.4, 0.5) is 0 Å². The van der Waals surface area contributed by atoms with Gasteiger partial charge in [0.1, 0.15) is 11.6 Å². The number of nitrogens with two attached hydrogens (primary N) is 2. The van der Waals surface area contributed by atoms with Gasteiger partial charge in [0.05, 0.1) is 7.11 Å². The van der Waals surface area contributed by atoms with Crippen LogP contribution < -0.4 is 21.5 Å². The zero-order chi connectivity index (χ0) is 19.5. The second kappa shape index (κ2) is 11.4. The van der Waals surface area contributed by atoms with Crippen LogP contribution in [-0.4, -0.2) is 56.5 Å². The molecule has 0 radical (unpaired) electrons. The molecule has 1 amide bonds. The van der Waals surface area contributed by atoms with Gasteiger partial charge < -0.3 is 26.4 Å². The van der Waals surface area contributed by atoms with E-state index < -0.39 is 0 Å². The van der Waals surface area contributed by atoms with Crippen LogP contribution in [0.5, 0.6) is 5.75 Å². The number of aliphatic imine (C=N–C) groups is 1. The van der Waals surface area contributed by atoms with Crippen molar-refractivity contribution in [1.82, 2.24) is 10.2 Å². The fourth-order valence-corrected chi connectivity index (χ4v) is 3.00. The first kappa shape index (κ1) is 20.9. The number of carbonyl (C=O) groups excluding carboxylic acids is 1. The van der Waals surface area contributed by atoms with E-state index in [1.807, 2.05) is 24.3 Å². The van der Waals surface area contributed by atoms with Crippen LogP contribution in [0.2, 0.25) is 0 Å². The summed E-state index contributed by atoms with van der Waals surface area (Å²) >= 11 is 0. The number of nitrogens with one attached hydrogen (secondary N) is 1. The van der Waals surface area contributed by atoms with Gasteiger partial charge in [-0.1, -0.05) is 0 Å². The van der Waals surface area contributed by atoms with Crippen LogP contribution in [0.25, 0.3) is 5.70 Å². The third kappa shape index (κ3) is 7.80. The van der Waals surface area contributed by atoms with Crippen LogP contribution in [0.15, 0.2) is 35.3 Å². The van der Waals surface area contributed by atoms with Gasteiger partial charge in [-0.3, -0.25) is 4.79 Å². The fourth-order valence-electron chi connectivity index (χ4n) is 3.00. The van der Waals surface area contributed by atoms with Gasteiger partial charge in [0.2, 0.25) is 5.91 Å². The Morgan fingerprint density at radius 3 is 2.74 bits per heavy atom. The molecule has 7 nitrogen and oxygen atoms in total. The van der Waals surface area contributed by atoms with Gasteiger partial charge in [-0.2, -0.15) is 4.99 Å². The second-order valence-electron chi connectivity index (χ2n) is 6.66. The number of ether oxygens (including phenoxy) is 1. The summed E-state index contributed by atoms with van der Waals surface area (Å²) in [6.45, 7) is 5.37. The van der Waals surface area contributed by atoms with Crippen molar-refractivity contribution in [1.29, 1.82) is 0 Å². The number of carbonyl (C=O) groups is 1. The summed E-state index contributed by atoms with van der Waals surface area (Å²) in [6.07, 6.45) is 4.91. The number of methoxy groups -OCH3 is 1. The van der Waals surface area contributed by atoms with Crippen molar-refractivity contribution >= 4 is 17.4 Å². The number of benzene rings is 1. The largest absolute Gasteiger partial charge is 0.497 e. The molecule has 0 unspecified atom stereocenters. The number of amidine groups is 1. The Hall–Kier alpha value is -2.38. The molecule has 1 heterocycles. The molecule has 0 saturated carbocycles. The molecule has 1 aromatic carbocycles. The van der Waals surface area contributed by atoms with Crippen molar-refractivity contribution in [3.8, 4) is 5.75 Å². The first-order valence-electron chi connectivity index (χ1n) is 9.50. The van der Waals surface area contributed by atoms with E-state index in [0.717, 1.165) is 56.9 Å². The Balaban J connectivity index is 1.75. The molecule has 1 saturated heterocycles. The van der Waals surface area contributed by atoms with Gasteiger partial charge in [0.15, 0.2) is 0 Å². The molecule has 0 aromatic heterocycles. The number of unbranched alkanes of at least 4 members (excludes halogenated alkanes) is 1. The fraction of sp³-hybridized carbons (Fsp3) is 0.500. The van der Waals surface area contributed by atoms with Crippen LogP contribution in [0.3, 0.4) is 0 Å². The summed E-state index contributed by atoms with van der Waals surface area (Å²) < 4.78 is 5.11. The van der Waals surface area contributed by atoms with E-state index in [0.29, 0.717) is 12.1 Å². The lowest BCUT2D eigenvalue weighted by molar-refractivity contribution is -0.117. The molecule has 2 rings (SSSR count). The maximum absolute atomic E-state index is 12.0. The molecular formula is C20H31N5O2. The number of rotatable bonds is 8. The predicted octanol–water partition coefficient (Wildman–Crippen LogP) is 1.34. The lowest BCUT2D eigenvalue weighted by atomic mass is 10.1. The molecule has 5 N–H and O–H groups in total. The van der Waals surface area contributed by atoms with E-state index in [4.69, 9.17) is 16.2 Å². The average molecular weight is 374 g/mol. The molecule has 0 spiro atoms. The molecule has 148 valence electrons. The van der Waals surface area contributed by atoms with Gasteiger partial charge >= 0.3 is 0 Å². The van der Waals surface area contributed by atoms with Gasteiger partial charge in [-0.15, -0.1) is 0 Å². The normalized spacial score (nSPS) is 16.8. The first-order valence-corrected chi connectivity index (χ1v) is 9.50. The highest BCUT2D eigenvalue weighted by Gasteiger charge is 2.08. The van der Waals surface area contributed by atoms with Gasteiger partial charge in [0, 0.05) is 31.3 Å². The van der Waals surface area contributed by atoms with E-state index in [9.17, 15) is 4.79 Å². The SMILES string of the molecule is COc1ccc(/C(N)=C/C(N)=NC(=O)CCCCN2CCCNCC2)cc1. The zero-order valence-corrected chi connectivity index (χ0v) is 16.1. The molecule has 7 heteroatoms. The Kier molecular flexibility index (Phi) is 8.80. The summed E-state index contributed by atoms with van der Waals surface area (Å²) in [5.41, 5.74) is 13.1. The van der Waals surface area contributed by atoms with Crippen LogP contribution in [-0.2, 0) is 4.79 Å². The molecule has 1 aromatic rings. The van der Waals surface area contributed by atoms with Crippen molar-refractivity contribution in [3.05, 3.63) is 35.9 Å². The van der Waals surface area contributed by atoms with Gasteiger partial charge in [-0.25, -0.2) is 0 Å². The van der Waals surface area contributed by atoms with Crippen molar-refractivity contribution in [2.75, 3.05) is 39.8 Å². The Labute approximate surface area is 161 Å². The van der Waals surface area contributed by atoms with E-state index in [2.05, 4.69) is 15.2 Å². The Morgan fingerprint density at radius 1 is 1.22 bits per heavy atom. The van der Waals surface area contributed by atoms with Crippen molar-refractivity contribution in [2.45, 2.75) is 25.7 Å². The summed E-state index contributed by atoms with van der Waals surface area (Å²) in [5.74, 6) is 0.676. The predicted molar refractivity (Wildman–Crippen MR) is 110 cm³/mol. The van der Waals surface area contributed by atoms with E-state index in [1.165, 1.54) is 12.5 Å². The molecule has 0 atom stereocenters. The molecular weight excluding hydrogens is 342 g/mol. The monoisotopic (exact) mass is 373 g/mol. The minimum absolute atomic E-state index is 0.131. The standard InChI is InChI=1S/C20H31N5O2/c1-27-17-8-6-16(7-9-17)18(21)15-19(22)24-20(26)5-2-3-12-25-13-4-10-23-11-14-25/h6-9,15,23H,2-5,10-14,21H2,1H3,(H2,22,24,26)/b18-15-. The molecule has 1 aliphatic heterocycles.